The molecule has 0 saturated heterocycles. The summed E-state index contributed by atoms with van der Waals surface area (Å²) in [7, 11) is 0. The smallest absolute Gasteiger partial charge is 0.852 e. The molecule has 0 aromatic rings. The van der Waals surface area contributed by atoms with Crippen LogP contribution in [-0.2, 0) is 20.1 Å². The quantitative estimate of drug-likeness (QED) is 0.232. The number of hydrogen-bond donors (Lipinski definition) is 4. The van der Waals surface area contributed by atoms with Crippen molar-refractivity contribution < 1.29 is 40.5 Å². The van der Waals surface area contributed by atoms with Crippen LogP contribution in [0.1, 0.15) is 0 Å². The summed E-state index contributed by atoms with van der Waals surface area (Å²) in [5.74, 6) is 0. The first-order chi connectivity index (χ1) is 6.93. The Kier molecular flexibility index (Phi) is 43.3. The van der Waals surface area contributed by atoms with E-state index < -0.39 is 20.7 Å². The minimum Gasteiger partial charge on any atom is -0.852 e. The van der Waals surface area contributed by atoms with E-state index in [1.165, 1.54) is 0 Å². The van der Waals surface area contributed by atoms with E-state index in [4.69, 9.17) is 20.4 Å². The fourth-order valence-electron chi connectivity index (χ4n) is 0. The Morgan fingerprint density at radius 2 is 0.529 bits per heavy atom. The third kappa shape index (κ3) is 7940. The Morgan fingerprint density at radius 3 is 0.529 bits per heavy atom. The summed E-state index contributed by atoms with van der Waals surface area (Å²) in [5.41, 5.74) is 17.1. The van der Waals surface area contributed by atoms with Gasteiger partial charge in [0.25, 0.3) is 0 Å². The largest absolute Gasteiger partial charge is 4.00 e. The average molecular weight is 497 g/mol. The van der Waals surface area contributed by atoms with Crippen molar-refractivity contribution >= 4 is 69.6 Å². The molecule has 0 unspecified atom stereocenters. The van der Waals surface area contributed by atoms with Gasteiger partial charge in [-0.05, 0) is 0 Å². The molecule has 8 N–H and O–H groups in total. The molecule has 0 amide bonds. The number of nitrogens with two attached hydrogens (primary N) is 4. The topological polar surface area (TPSA) is 196 Å². The second-order valence-corrected chi connectivity index (χ2v) is 2.89. The molecule has 0 aromatic heterocycles. The minimum absolute atomic E-state index is 0. The van der Waals surface area contributed by atoms with Gasteiger partial charge < -0.3 is 43.4 Å². The molecule has 0 aliphatic rings. The van der Waals surface area contributed by atoms with Gasteiger partial charge in [0.2, 0.25) is 0 Å². The van der Waals surface area contributed by atoms with Crippen LogP contribution in [0.5, 0.6) is 0 Å². The average Bonchev–Trinajstić information content (AvgIpc) is 1.76. The van der Waals surface area contributed by atoms with Gasteiger partial charge in [0, 0.05) is 20.7 Å². The Morgan fingerprint density at radius 1 is 0.529 bits per heavy atom. The molecule has 0 heterocycles. The molecule has 0 atom stereocenters. The first kappa shape index (κ1) is 29.9. The summed E-state index contributed by atoms with van der Waals surface area (Å²) < 4.78 is 0. The van der Waals surface area contributed by atoms with E-state index in [1.54, 1.807) is 0 Å². The maximum Gasteiger partial charge on any atom is 4.00 e. The third-order valence-electron chi connectivity index (χ3n) is 0. The van der Waals surface area contributed by atoms with Gasteiger partial charge in [0.1, 0.15) is 0 Å². The fraction of sp³-hybridized carbons (Fsp3) is 0. The summed E-state index contributed by atoms with van der Waals surface area (Å²) in [5, 5.41) is 33.1. The van der Waals surface area contributed by atoms with E-state index in [1.807, 2.05) is 0 Å². The van der Waals surface area contributed by atoms with E-state index in [-0.39, 0.29) is 20.1 Å². The van der Waals surface area contributed by atoms with E-state index in [2.05, 4.69) is 71.8 Å². The fourth-order valence-corrected chi connectivity index (χ4v) is 0. The molecule has 101 valence electrons. The Balaban J connectivity index is -0.0000000369. The third-order valence-corrected chi connectivity index (χ3v) is 0. The number of hydrogen-bond acceptors (Lipinski definition) is 8. The van der Waals surface area contributed by atoms with Crippen LogP contribution < -0.4 is 43.4 Å². The molecule has 0 saturated carbocycles. The SMILES string of the molecule is NC([O-])=S.NC([O-])=S.NC([O-])=S.NC([O-])=S.[Ir+4]. The molecule has 0 rings (SSSR count). The second-order valence-electron chi connectivity index (χ2n) is 1.28. The Bertz CT molecular complexity index is 178. The van der Waals surface area contributed by atoms with Crippen LogP contribution in [0.4, 0.5) is 0 Å². The molecule has 0 aromatic carbocycles. The molecule has 0 spiro atoms. The number of thiocarbonyl (C=S) groups is 4. The molecule has 0 aliphatic carbocycles. The van der Waals surface area contributed by atoms with Gasteiger partial charge in [-0.2, -0.15) is 0 Å². The van der Waals surface area contributed by atoms with Crippen LogP contribution in [0.25, 0.3) is 0 Å². The molecule has 0 bridgehead atoms. The van der Waals surface area contributed by atoms with Gasteiger partial charge in [-0.1, -0.05) is 48.9 Å². The first-order valence-electron chi connectivity index (χ1n) is 2.79. The van der Waals surface area contributed by atoms with Crippen LogP contribution in [-0.4, -0.2) is 20.7 Å². The summed E-state index contributed by atoms with van der Waals surface area (Å²) >= 11 is 15.0. The summed E-state index contributed by atoms with van der Waals surface area (Å²) in [6, 6.07) is 0. The summed E-state index contributed by atoms with van der Waals surface area (Å²) in [6.07, 6.45) is 0. The molecule has 17 heavy (non-hydrogen) atoms. The molecule has 0 fully saturated rings. The van der Waals surface area contributed by atoms with Crippen molar-refractivity contribution in [2.75, 3.05) is 0 Å². The van der Waals surface area contributed by atoms with Crippen molar-refractivity contribution in [3.05, 3.63) is 0 Å². The van der Waals surface area contributed by atoms with Crippen LogP contribution in [0.15, 0.2) is 0 Å². The molecule has 8 nitrogen and oxygen atoms in total. The standard InChI is InChI=1S/4CH3NOS.Ir/c4*2-1(3)4;/h4*(H3,2,3,4);/q;;;;+4/p-4. The predicted molar refractivity (Wildman–Crippen MR) is 67.1 cm³/mol. The van der Waals surface area contributed by atoms with E-state index in [0.717, 1.165) is 0 Å². The van der Waals surface area contributed by atoms with E-state index in [9.17, 15) is 0 Å². The van der Waals surface area contributed by atoms with Crippen molar-refractivity contribution in [3.8, 4) is 0 Å². The van der Waals surface area contributed by atoms with E-state index in [0.29, 0.717) is 0 Å². The number of rotatable bonds is 0. The van der Waals surface area contributed by atoms with Gasteiger partial charge in [0.15, 0.2) is 0 Å². The maximum absolute atomic E-state index is 9.04. The van der Waals surface area contributed by atoms with Gasteiger partial charge in [-0.15, -0.1) is 0 Å². The zero-order chi connectivity index (χ0) is 14.3. The van der Waals surface area contributed by atoms with Gasteiger partial charge >= 0.3 is 20.1 Å². The minimum atomic E-state index is -0.750. The zero-order valence-corrected chi connectivity index (χ0v) is 13.6. The van der Waals surface area contributed by atoms with Crippen LogP contribution >= 0.6 is 48.9 Å². The van der Waals surface area contributed by atoms with Crippen molar-refractivity contribution in [1.82, 2.24) is 0 Å². The Labute approximate surface area is 132 Å². The normalized spacial score (nSPS) is 5.65. The molecule has 1 radical (unpaired) electrons. The zero-order valence-electron chi connectivity index (χ0n) is 7.91. The van der Waals surface area contributed by atoms with Crippen molar-refractivity contribution in [3.63, 3.8) is 0 Å². The van der Waals surface area contributed by atoms with Crippen LogP contribution in [0, 0.1) is 0 Å². The molecular weight excluding hydrogens is 489 g/mol. The summed E-state index contributed by atoms with van der Waals surface area (Å²) in [4.78, 5) is 0. The van der Waals surface area contributed by atoms with Crippen LogP contribution in [0.3, 0.4) is 0 Å². The Hall–Kier alpha value is -0.591. The van der Waals surface area contributed by atoms with E-state index >= 15 is 0 Å². The van der Waals surface area contributed by atoms with Crippen molar-refractivity contribution in [2.24, 2.45) is 22.9 Å². The van der Waals surface area contributed by atoms with Gasteiger partial charge in [-0.25, -0.2) is 0 Å². The second kappa shape index (κ2) is 24.6. The summed E-state index contributed by atoms with van der Waals surface area (Å²) in [6.45, 7) is 0. The molecular formula is C4H8IrN4O4S4. The predicted octanol–water partition coefficient (Wildman–Crippen LogP) is -5.64. The van der Waals surface area contributed by atoms with Gasteiger partial charge in [-0.3, -0.25) is 0 Å². The maximum atomic E-state index is 9.04. The van der Waals surface area contributed by atoms with Crippen LogP contribution in [0.2, 0.25) is 0 Å². The van der Waals surface area contributed by atoms with Crippen molar-refractivity contribution in [1.29, 1.82) is 0 Å². The van der Waals surface area contributed by atoms with Gasteiger partial charge in [0.05, 0.1) is 0 Å². The monoisotopic (exact) mass is 497 g/mol. The molecule has 0 aliphatic heterocycles. The molecule has 13 heteroatoms. The first-order valence-corrected chi connectivity index (χ1v) is 4.42. The van der Waals surface area contributed by atoms with Crippen molar-refractivity contribution in [2.45, 2.75) is 0 Å².